The zero-order valence-corrected chi connectivity index (χ0v) is 17.7. The van der Waals surface area contributed by atoms with Gasteiger partial charge in [-0.2, -0.15) is 17.9 Å². The predicted octanol–water partition coefficient (Wildman–Crippen LogP) is 3.95. The van der Waals surface area contributed by atoms with Gasteiger partial charge in [-0.15, -0.1) is 0 Å². The molecule has 5 nitrogen and oxygen atoms in total. The number of hydrogen-bond acceptors (Lipinski definition) is 3. The molecule has 168 valence electrons. The number of benzene rings is 2. The minimum atomic E-state index is -4.93. The van der Waals surface area contributed by atoms with Crippen LogP contribution in [0.4, 0.5) is 17.6 Å². The van der Waals surface area contributed by atoms with Gasteiger partial charge in [-0.05, 0) is 47.4 Å². The van der Waals surface area contributed by atoms with Crippen LogP contribution in [-0.2, 0) is 27.8 Å². The summed E-state index contributed by atoms with van der Waals surface area (Å²) < 4.78 is 81.1. The average molecular weight is 458 g/mol. The number of amides is 1. The van der Waals surface area contributed by atoms with Crippen LogP contribution in [0.1, 0.15) is 36.6 Å². The highest BCUT2D eigenvalue weighted by molar-refractivity contribution is 7.89. The first-order chi connectivity index (χ1) is 14.4. The van der Waals surface area contributed by atoms with Crippen molar-refractivity contribution in [3.8, 4) is 0 Å². The Morgan fingerprint density at radius 3 is 2.29 bits per heavy atom. The highest BCUT2D eigenvalue weighted by Gasteiger charge is 2.43. The van der Waals surface area contributed by atoms with Gasteiger partial charge in [0.15, 0.2) is 0 Å². The molecule has 1 aliphatic heterocycles. The van der Waals surface area contributed by atoms with Crippen molar-refractivity contribution in [2.75, 3.05) is 6.54 Å². The molecule has 2 aromatic carbocycles. The molecule has 2 aromatic rings. The Balaban J connectivity index is 1.90. The van der Waals surface area contributed by atoms with E-state index in [-0.39, 0.29) is 23.3 Å². The lowest BCUT2D eigenvalue weighted by atomic mass is 9.99. The molecule has 10 heteroatoms. The number of carbonyl (C=O) groups is 1. The summed E-state index contributed by atoms with van der Waals surface area (Å²) in [6.07, 6.45) is -4.40. The fraction of sp³-hybridized carbons (Fsp3) is 0.381. The first kappa shape index (κ1) is 23.2. The SMILES string of the molecule is CC(C)C(=O)N1CCc2ccc(S(=O)(=O)NC(c3ccc(F)cc3)C(F)(F)F)cc2C1. The van der Waals surface area contributed by atoms with Crippen LogP contribution in [0.5, 0.6) is 0 Å². The van der Waals surface area contributed by atoms with Gasteiger partial charge >= 0.3 is 6.18 Å². The van der Waals surface area contributed by atoms with Crippen LogP contribution in [0, 0.1) is 11.7 Å². The van der Waals surface area contributed by atoms with Gasteiger partial charge in [0.05, 0.1) is 4.90 Å². The maximum Gasteiger partial charge on any atom is 0.408 e. The molecule has 0 fully saturated rings. The molecule has 1 aliphatic rings. The van der Waals surface area contributed by atoms with Crippen LogP contribution in [-0.4, -0.2) is 31.9 Å². The molecular formula is C21H22F4N2O3S. The Kier molecular flexibility index (Phi) is 6.43. The monoisotopic (exact) mass is 458 g/mol. The maximum absolute atomic E-state index is 13.6. The number of rotatable bonds is 5. The number of alkyl halides is 3. The number of fused-ring (bicyclic) bond motifs is 1. The lowest BCUT2D eigenvalue weighted by Gasteiger charge is -2.30. The summed E-state index contributed by atoms with van der Waals surface area (Å²) in [4.78, 5) is 13.5. The van der Waals surface area contributed by atoms with Crippen molar-refractivity contribution >= 4 is 15.9 Å². The summed E-state index contributed by atoms with van der Waals surface area (Å²) in [5, 5.41) is 0. The van der Waals surface area contributed by atoms with E-state index in [0.717, 1.165) is 29.8 Å². The van der Waals surface area contributed by atoms with E-state index in [1.807, 2.05) is 0 Å². The van der Waals surface area contributed by atoms with Crippen LogP contribution in [0.3, 0.4) is 0 Å². The second kappa shape index (κ2) is 8.58. The Morgan fingerprint density at radius 2 is 1.71 bits per heavy atom. The second-order valence-corrected chi connectivity index (χ2v) is 9.46. The van der Waals surface area contributed by atoms with Crippen LogP contribution in [0.2, 0.25) is 0 Å². The molecule has 1 heterocycles. The first-order valence-electron chi connectivity index (χ1n) is 9.63. The summed E-state index contributed by atoms with van der Waals surface area (Å²) in [6.45, 7) is 4.20. The van der Waals surface area contributed by atoms with Gasteiger partial charge in [0.25, 0.3) is 0 Å². The Hall–Kier alpha value is -2.46. The predicted molar refractivity (Wildman–Crippen MR) is 106 cm³/mol. The van der Waals surface area contributed by atoms with Crippen molar-refractivity contribution in [3.63, 3.8) is 0 Å². The zero-order valence-electron chi connectivity index (χ0n) is 16.9. The second-order valence-electron chi connectivity index (χ2n) is 7.74. The molecule has 1 amide bonds. The van der Waals surface area contributed by atoms with Crippen LogP contribution < -0.4 is 4.72 Å². The molecule has 0 saturated carbocycles. The van der Waals surface area contributed by atoms with E-state index in [1.165, 1.54) is 12.1 Å². The van der Waals surface area contributed by atoms with Crippen molar-refractivity contribution < 1.29 is 30.8 Å². The zero-order chi connectivity index (χ0) is 23.0. The summed E-state index contributed by atoms with van der Waals surface area (Å²) in [7, 11) is -4.56. The lowest BCUT2D eigenvalue weighted by molar-refractivity contribution is -0.153. The van der Waals surface area contributed by atoms with Crippen LogP contribution in [0.15, 0.2) is 47.4 Å². The molecule has 0 aromatic heterocycles. The molecule has 1 N–H and O–H groups in total. The standard InChI is InChI=1S/C21H22F4N2O3S/c1-13(2)20(28)27-10-9-14-5-8-18(11-16(14)12-27)31(29,30)26-19(21(23,24)25)15-3-6-17(22)7-4-15/h3-8,11,13,19,26H,9-10,12H2,1-2H3. The van der Waals surface area contributed by atoms with Gasteiger partial charge in [0, 0.05) is 19.0 Å². The lowest BCUT2D eigenvalue weighted by Crippen LogP contribution is -2.39. The third-order valence-corrected chi connectivity index (χ3v) is 6.53. The van der Waals surface area contributed by atoms with Gasteiger partial charge in [-0.25, -0.2) is 12.8 Å². The quantitative estimate of drug-likeness (QED) is 0.690. The van der Waals surface area contributed by atoms with Gasteiger partial charge < -0.3 is 4.90 Å². The molecule has 1 atom stereocenters. The number of halogens is 4. The minimum Gasteiger partial charge on any atom is -0.338 e. The van der Waals surface area contributed by atoms with E-state index < -0.39 is 33.6 Å². The van der Waals surface area contributed by atoms with E-state index in [1.54, 1.807) is 29.5 Å². The van der Waals surface area contributed by atoms with Gasteiger partial charge in [0.1, 0.15) is 11.9 Å². The van der Waals surface area contributed by atoms with Crippen LogP contribution >= 0.6 is 0 Å². The summed E-state index contributed by atoms with van der Waals surface area (Å²) >= 11 is 0. The molecule has 1 unspecified atom stereocenters. The fourth-order valence-corrected chi connectivity index (χ4v) is 4.72. The Labute approximate surface area is 178 Å². The van der Waals surface area contributed by atoms with E-state index in [9.17, 15) is 30.8 Å². The molecule has 0 radical (unpaired) electrons. The summed E-state index contributed by atoms with van der Waals surface area (Å²) in [5.74, 6) is -1.04. The van der Waals surface area contributed by atoms with Gasteiger partial charge in [-0.1, -0.05) is 32.0 Å². The third kappa shape index (κ3) is 5.24. The van der Waals surface area contributed by atoms with Gasteiger partial charge in [0.2, 0.25) is 15.9 Å². The van der Waals surface area contributed by atoms with Crippen molar-refractivity contribution in [1.82, 2.24) is 9.62 Å². The molecule has 31 heavy (non-hydrogen) atoms. The van der Waals surface area contributed by atoms with Crippen LogP contribution in [0.25, 0.3) is 0 Å². The van der Waals surface area contributed by atoms with Crippen molar-refractivity contribution in [3.05, 3.63) is 65.0 Å². The Bertz CT molecular complexity index is 1070. The first-order valence-corrected chi connectivity index (χ1v) is 11.1. The maximum atomic E-state index is 13.6. The van der Waals surface area contributed by atoms with Crippen molar-refractivity contribution in [2.45, 2.75) is 43.9 Å². The molecule has 3 rings (SSSR count). The fourth-order valence-electron chi connectivity index (χ4n) is 3.46. The molecule has 0 saturated heterocycles. The van der Waals surface area contributed by atoms with Crippen molar-refractivity contribution in [2.24, 2.45) is 5.92 Å². The largest absolute Gasteiger partial charge is 0.408 e. The van der Waals surface area contributed by atoms with Gasteiger partial charge in [-0.3, -0.25) is 4.79 Å². The number of sulfonamides is 1. The Morgan fingerprint density at radius 1 is 1.06 bits per heavy atom. The number of nitrogens with one attached hydrogen (secondary N) is 1. The van der Waals surface area contributed by atoms with E-state index >= 15 is 0 Å². The van der Waals surface area contributed by atoms with E-state index in [0.29, 0.717) is 18.5 Å². The smallest absolute Gasteiger partial charge is 0.338 e. The normalized spacial score (nSPS) is 15.6. The topological polar surface area (TPSA) is 66.5 Å². The minimum absolute atomic E-state index is 0.0783. The molecule has 0 bridgehead atoms. The summed E-state index contributed by atoms with van der Waals surface area (Å²) in [6, 6.07) is 5.02. The highest BCUT2D eigenvalue weighted by atomic mass is 32.2. The van der Waals surface area contributed by atoms with E-state index in [2.05, 4.69) is 0 Å². The summed E-state index contributed by atoms with van der Waals surface area (Å²) in [5.41, 5.74) is 0.996. The molecule has 0 spiro atoms. The van der Waals surface area contributed by atoms with Crippen molar-refractivity contribution in [1.29, 1.82) is 0 Å². The number of nitrogens with zero attached hydrogens (tertiary/aromatic N) is 1. The third-order valence-electron chi connectivity index (χ3n) is 5.11. The number of carbonyl (C=O) groups excluding carboxylic acids is 1. The van der Waals surface area contributed by atoms with E-state index in [4.69, 9.17) is 0 Å². The number of hydrogen-bond donors (Lipinski definition) is 1. The average Bonchev–Trinajstić information content (AvgIpc) is 2.70. The molecular weight excluding hydrogens is 436 g/mol. The molecule has 0 aliphatic carbocycles. The highest BCUT2D eigenvalue weighted by Crippen LogP contribution is 2.34.